The molecule has 8 bridgehead atoms. The molecule has 12 heteroatoms. The number of hydrogen-bond donors (Lipinski definition) is 8. The molecule has 0 radical (unpaired) electrons. The number of benzene rings is 4. The van der Waals surface area contributed by atoms with Gasteiger partial charge in [-0.25, -0.2) is 0 Å². The molecule has 0 fully saturated rings. The van der Waals surface area contributed by atoms with E-state index in [-0.39, 0.29) is 21.7 Å². The Morgan fingerprint density at radius 3 is 0.588 bits per heavy atom. The number of nitrogens with one attached hydrogen (secondary N) is 8. The van der Waals surface area contributed by atoms with Crippen molar-refractivity contribution in [3.05, 3.63) is 70.8 Å². The number of aromatic amines is 4. The number of anilines is 12. The van der Waals surface area contributed by atoms with Gasteiger partial charge in [0.25, 0.3) is 0 Å². The summed E-state index contributed by atoms with van der Waals surface area (Å²) in [6, 6.07) is 18.8. The number of rotatable bonds is 4. The maximum absolute atomic E-state index is 4.01. The lowest BCUT2D eigenvalue weighted by Crippen LogP contribution is -2.15. The molecule has 8 N–H and O–H groups in total. The van der Waals surface area contributed by atoms with Crippen LogP contribution in [-0.4, -0.2) is 76.3 Å². The lowest BCUT2D eigenvalue weighted by molar-refractivity contribution is 0.591. The number of aromatic nitrogens is 4. The first kappa shape index (κ1) is 46.5. The standard InChI is InChI=1S/C56H76N12/c1-53(2,3)29-21-33-41(37(25-29)65(13)14)49-57-45(33)61-50-42-34(22-30(54(4,5)6)26-38(42)66(15)16)47(58-50)63-52-44-36(24-32(56(10,11)12)28-40(44)68(19)20)48(60-52)64-51-43-35(46(59-51)62-49)23-31(55(7,8)9)27-39(43)67(17)18/h21-28,57-64H,1-20H3. The van der Waals surface area contributed by atoms with E-state index in [1.54, 1.807) is 0 Å². The Hall–Kier alpha value is -6.56. The summed E-state index contributed by atoms with van der Waals surface area (Å²) < 4.78 is 0. The third kappa shape index (κ3) is 7.79. The highest BCUT2D eigenvalue weighted by Crippen LogP contribution is 2.50. The Labute approximate surface area is 403 Å². The van der Waals surface area contributed by atoms with Crippen LogP contribution in [0.15, 0.2) is 48.5 Å². The first-order valence-electron chi connectivity index (χ1n) is 24.1. The normalized spacial score (nSPS) is 13.5. The second-order valence-corrected chi connectivity index (χ2v) is 24.2. The van der Waals surface area contributed by atoms with Crippen LogP contribution in [0.5, 0.6) is 0 Å². The molecule has 8 aromatic rings. The van der Waals surface area contributed by atoms with Crippen molar-refractivity contribution in [2.75, 3.05) is 97.2 Å². The van der Waals surface area contributed by atoms with Gasteiger partial charge in [0.2, 0.25) is 0 Å². The summed E-state index contributed by atoms with van der Waals surface area (Å²) in [4.78, 5) is 24.7. The summed E-state index contributed by atoms with van der Waals surface area (Å²) in [6.45, 7) is 27.5. The smallest absolute Gasteiger partial charge is 0.120 e. The molecule has 5 heterocycles. The van der Waals surface area contributed by atoms with E-state index in [9.17, 15) is 0 Å². The van der Waals surface area contributed by atoms with Gasteiger partial charge in [0.05, 0.1) is 0 Å². The molecular weight excluding hydrogens is 841 g/mol. The van der Waals surface area contributed by atoms with E-state index in [0.717, 1.165) is 112 Å². The summed E-state index contributed by atoms with van der Waals surface area (Å²) in [5, 5.41) is 24.8. The van der Waals surface area contributed by atoms with E-state index < -0.39 is 0 Å². The molecule has 4 aromatic carbocycles. The molecule has 0 unspecified atom stereocenters. The van der Waals surface area contributed by atoms with Crippen LogP contribution in [0, 0.1) is 0 Å². The van der Waals surface area contributed by atoms with Gasteiger partial charge in [-0.05, 0) is 92.4 Å². The molecule has 1 aliphatic rings. The molecule has 0 saturated heterocycles. The molecule has 0 amide bonds. The van der Waals surface area contributed by atoms with Crippen molar-refractivity contribution in [3.63, 3.8) is 0 Å². The van der Waals surface area contributed by atoms with Crippen LogP contribution in [0.1, 0.15) is 105 Å². The van der Waals surface area contributed by atoms with E-state index in [0.29, 0.717) is 0 Å². The van der Waals surface area contributed by atoms with Crippen LogP contribution in [0.3, 0.4) is 0 Å². The minimum Gasteiger partial charge on any atom is -0.377 e. The average Bonchev–Trinajstić information content (AvgIpc) is 3.96. The summed E-state index contributed by atoms with van der Waals surface area (Å²) in [5.41, 5.74) is 9.06. The lowest BCUT2D eigenvalue weighted by Gasteiger charge is -2.24. The maximum Gasteiger partial charge on any atom is 0.120 e. The van der Waals surface area contributed by atoms with Gasteiger partial charge in [0.15, 0.2) is 0 Å². The van der Waals surface area contributed by atoms with Crippen molar-refractivity contribution in [1.29, 1.82) is 0 Å². The molecule has 0 atom stereocenters. The lowest BCUT2D eigenvalue weighted by atomic mass is 9.85. The minimum atomic E-state index is -0.104. The molecule has 12 nitrogen and oxygen atoms in total. The Morgan fingerprint density at radius 1 is 0.265 bits per heavy atom. The van der Waals surface area contributed by atoms with Crippen LogP contribution in [-0.2, 0) is 21.7 Å². The van der Waals surface area contributed by atoms with Crippen molar-refractivity contribution < 1.29 is 0 Å². The van der Waals surface area contributed by atoms with Gasteiger partial charge < -0.3 is 60.8 Å². The topological polar surface area (TPSA) is 124 Å². The predicted molar refractivity (Wildman–Crippen MR) is 298 cm³/mol. The summed E-state index contributed by atoms with van der Waals surface area (Å²) >= 11 is 0. The predicted octanol–water partition coefficient (Wildman–Crippen LogP) is 14.4. The molecule has 0 aliphatic carbocycles. The van der Waals surface area contributed by atoms with Crippen LogP contribution in [0.4, 0.5) is 69.3 Å². The Morgan fingerprint density at radius 2 is 0.441 bits per heavy atom. The van der Waals surface area contributed by atoms with Gasteiger partial charge in [-0.1, -0.05) is 83.1 Å². The average molecular weight is 917 g/mol. The summed E-state index contributed by atoms with van der Waals surface area (Å²) in [5.74, 6) is 7.09. The highest BCUT2D eigenvalue weighted by atomic mass is 15.2. The number of hydrogen-bond acceptors (Lipinski definition) is 8. The fourth-order valence-electron chi connectivity index (χ4n) is 9.78. The zero-order valence-corrected chi connectivity index (χ0v) is 44.4. The Balaban J connectivity index is 1.46. The molecule has 68 heavy (non-hydrogen) atoms. The monoisotopic (exact) mass is 917 g/mol. The van der Waals surface area contributed by atoms with Gasteiger partial charge in [-0.3, -0.25) is 0 Å². The van der Waals surface area contributed by atoms with Gasteiger partial charge >= 0.3 is 0 Å². The third-order valence-corrected chi connectivity index (χ3v) is 13.9. The molecule has 360 valence electrons. The largest absolute Gasteiger partial charge is 0.377 e. The van der Waals surface area contributed by atoms with Crippen molar-refractivity contribution in [2.45, 2.75) is 105 Å². The highest BCUT2D eigenvalue weighted by Gasteiger charge is 2.30. The third-order valence-electron chi connectivity index (χ3n) is 13.9. The first-order valence-corrected chi connectivity index (χ1v) is 24.1. The zero-order valence-electron chi connectivity index (χ0n) is 44.4. The zero-order chi connectivity index (χ0) is 49.5. The molecule has 0 saturated carbocycles. The van der Waals surface area contributed by atoms with Crippen molar-refractivity contribution in [2.24, 2.45) is 0 Å². The van der Waals surface area contributed by atoms with E-state index in [2.05, 4.69) is 249 Å². The minimum absolute atomic E-state index is 0.104. The van der Waals surface area contributed by atoms with E-state index in [4.69, 9.17) is 0 Å². The molecule has 0 spiro atoms. The molecule has 4 aromatic heterocycles. The fourth-order valence-corrected chi connectivity index (χ4v) is 9.78. The Kier molecular flexibility index (Phi) is 10.6. The second kappa shape index (κ2) is 15.5. The molecular formula is C56H76N12. The number of H-pyrrole nitrogens is 4. The quantitative estimate of drug-likeness (QED) is 0.0878. The maximum atomic E-state index is 4.01. The summed E-state index contributed by atoms with van der Waals surface area (Å²) in [6.07, 6.45) is 0. The second-order valence-electron chi connectivity index (χ2n) is 24.2. The van der Waals surface area contributed by atoms with Gasteiger partial charge in [0.1, 0.15) is 46.5 Å². The van der Waals surface area contributed by atoms with Crippen LogP contribution >= 0.6 is 0 Å². The fraction of sp³-hybridized carbons (Fsp3) is 0.429. The number of fused-ring (bicyclic) bond motifs is 20. The molecule has 9 rings (SSSR count). The summed E-state index contributed by atoms with van der Waals surface area (Å²) in [7, 11) is 17.1. The van der Waals surface area contributed by atoms with Gasteiger partial charge in [-0.15, -0.1) is 0 Å². The van der Waals surface area contributed by atoms with Crippen LogP contribution < -0.4 is 40.9 Å². The molecule has 1 aliphatic heterocycles. The van der Waals surface area contributed by atoms with Crippen LogP contribution in [0.2, 0.25) is 0 Å². The van der Waals surface area contributed by atoms with Crippen molar-refractivity contribution >= 4 is 112 Å². The Bertz CT molecular complexity index is 2840. The van der Waals surface area contributed by atoms with E-state index >= 15 is 0 Å². The van der Waals surface area contributed by atoms with E-state index in [1.807, 2.05) is 0 Å². The van der Waals surface area contributed by atoms with Gasteiger partial charge in [0, 0.05) is 122 Å². The van der Waals surface area contributed by atoms with Crippen molar-refractivity contribution in [3.8, 4) is 0 Å². The van der Waals surface area contributed by atoms with E-state index in [1.165, 1.54) is 22.3 Å². The van der Waals surface area contributed by atoms with Crippen LogP contribution in [0.25, 0.3) is 43.1 Å². The highest BCUT2D eigenvalue weighted by molar-refractivity contribution is 6.18. The van der Waals surface area contributed by atoms with Gasteiger partial charge in [-0.2, -0.15) is 0 Å². The van der Waals surface area contributed by atoms with Crippen molar-refractivity contribution in [1.82, 2.24) is 19.9 Å². The SMILES string of the molecule is CN(C)c1cc(C(C)(C)C)cc2c3[nH]c(c12)Nc1[nH]c(c2c(N(C)C)cc(C(C)(C)C)cc12)Nc1[nH]c(c2c(N(C)C)cc(C(C)(C)C)cc12)Nc1[nH]c(c2c(N(C)C)cc(C(C)(C)C)cc12)N3. The number of nitrogens with zero attached hydrogens (tertiary/aromatic N) is 4. The first-order chi connectivity index (χ1) is 31.5.